The Kier molecular flexibility index (Phi) is 6.65. The summed E-state index contributed by atoms with van der Waals surface area (Å²) >= 11 is 0. The van der Waals surface area contributed by atoms with E-state index in [9.17, 15) is 9.59 Å². The minimum absolute atomic E-state index is 0.0412. The van der Waals surface area contributed by atoms with E-state index in [4.69, 9.17) is 15.0 Å². The predicted molar refractivity (Wildman–Crippen MR) is 92.7 cm³/mol. The molecule has 1 heterocycles. The van der Waals surface area contributed by atoms with Gasteiger partial charge in [0, 0.05) is 24.0 Å². The molecule has 0 spiro atoms. The van der Waals surface area contributed by atoms with Crippen molar-refractivity contribution in [3.63, 3.8) is 0 Å². The molecule has 0 aliphatic carbocycles. The predicted octanol–water partition coefficient (Wildman–Crippen LogP) is 3.32. The summed E-state index contributed by atoms with van der Waals surface area (Å²) < 4.78 is 10.2. The molecule has 8 heteroatoms. The fraction of sp³-hybridized carbons (Fsp3) is 0.529. The van der Waals surface area contributed by atoms with Crippen LogP contribution in [-0.2, 0) is 9.47 Å². The Labute approximate surface area is 146 Å². The molecule has 2 rings (SSSR count). The van der Waals surface area contributed by atoms with Crippen LogP contribution < -0.4 is 4.90 Å². The van der Waals surface area contributed by atoms with Gasteiger partial charge < -0.3 is 14.4 Å². The molecule has 25 heavy (non-hydrogen) atoms. The smallest absolute Gasteiger partial charge is 0.341 e. The lowest BCUT2D eigenvalue weighted by Crippen LogP contribution is -2.36. The molecule has 0 radical (unpaired) electrons. The minimum Gasteiger partial charge on any atom is -0.462 e. The molecule has 0 atom stereocenters. The molecule has 0 N–H and O–H groups in total. The number of hydrogen-bond acceptors (Lipinski definition) is 6. The van der Waals surface area contributed by atoms with Crippen molar-refractivity contribution in [3.8, 4) is 0 Å². The maximum atomic E-state index is 12.5. The van der Waals surface area contributed by atoms with Crippen LogP contribution >= 0.6 is 0 Å². The molecule has 1 fully saturated rings. The molecule has 0 saturated carbocycles. The molecular weight excluding hydrogens is 324 g/mol. The van der Waals surface area contributed by atoms with E-state index in [1.165, 1.54) is 0 Å². The Morgan fingerprint density at radius 2 is 1.84 bits per heavy atom. The van der Waals surface area contributed by atoms with Gasteiger partial charge in [-0.05, 0) is 44.4 Å². The molecular formula is C17H22N4O4. The lowest BCUT2D eigenvalue weighted by atomic mass is 10.0. The number of benzene rings is 1. The van der Waals surface area contributed by atoms with Crippen molar-refractivity contribution < 1.29 is 19.1 Å². The molecule has 1 aliphatic rings. The van der Waals surface area contributed by atoms with Gasteiger partial charge in [0.15, 0.2) is 0 Å². The van der Waals surface area contributed by atoms with Gasteiger partial charge in [-0.1, -0.05) is 11.2 Å². The third-order valence-electron chi connectivity index (χ3n) is 4.04. The van der Waals surface area contributed by atoms with E-state index < -0.39 is 11.9 Å². The summed E-state index contributed by atoms with van der Waals surface area (Å²) in [5, 5.41) is 3.76. The lowest BCUT2D eigenvalue weighted by Gasteiger charge is -2.33. The average Bonchev–Trinajstić information content (AvgIpc) is 2.62. The van der Waals surface area contributed by atoms with Crippen molar-refractivity contribution in [1.29, 1.82) is 0 Å². The van der Waals surface area contributed by atoms with Crippen molar-refractivity contribution in [2.75, 3.05) is 31.2 Å². The van der Waals surface area contributed by atoms with Crippen LogP contribution in [0.4, 0.5) is 5.69 Å². The van der Waals surface area contributed by atoms with E-state index in [0.717, 1.165) is 0 Å². The third-order valence-corrected chi connectivity index (χ3v) is 4.04. The van der Waals surface area contributed by atoms with Gasteiger partial charge in [0.05, 0.1) is 30.0 Å². The Morgan fingerprint density at radius 3 is 2.44 bits per heavy atom. The molecule has 1 saturated heterocycles. The van der Waals surface area contributed by atoms with Gasteiger partial charge in [0.25, 0.3) is 0 Å². The monoisotopic (exact) mass is 346 g/mol. The normalized spacial score (nSPS) is 14.6. The third kappa shape index (κ3) is 4.42. The first-order valence-electron chi connectivity index (χ1n) is 8.38. The molecule has 0 aromatic heterocycles. The van der Waals surface area contributed by atoms with Crippen LogP contribution in [0.1, 0.15) is 47.4 Å². The first-order valence-corrected chi connectivity index (χ1v) is 8.38. The van der Waals surface area contributed by atoms with Crippen LogP contribution in [0.15, 0.2) is 23.3 Å². The first kappa shape index (κ1) is 18.6. The van der Waals surface area contributed by atoms with Crippen LogP contribution in [0, 0.1) is 0 Å². The van der Waals surface area contributed by atoms with Crippen LogP contribution in [0.5, 0.6) is 0 Å². The SMILES string of the molecule is CCOC(=O)c1cccc(N2CCC(N=[N+]=[N-])CC2)c1C(=O)OCC. The number of anilines is 1. The summed E-state index contributed by atoms with van der Waals surface area (Å²) in [6.07, 6.45) is 1.38. The van der Waals surface area contributed by atoms with Gasteiger partial charge >= 0.3 is 11.9 Å². The molecule has 1 aliphatic heterocycles. The number of hydrogen-bond donors (Lipinski definition) is 0. The van der Waals surface area contributed by atoms with E-state index in [1.54, 1.807) is 32.0 Å². The Hall–Kier alpha value is -2.73. The highest BCUT2D eigenvalue weighted by Gasteiger charge is 2.27. The standard InChI is InChI=1S/C17H22N4O4/c1-3-24-16(22)13-6-5-7-14(15(13)17(23)25-4-2)21-10-8-12(9-11-21)19-20-18/h5-7,12H,3-4,8-11H2,1-2H3. The second-order valence-electron chi connectivity index (χ2n) is 5.56. The van der Waals surface area contributed by atoms with Crippen molar-refractivity contribution in [2.24, 2.45) is 5.11 Å². The Balaban J connectivity index is 2.36. The number of rotatable bonds is 6. The maximum Gasteiger partial charge on any atom is 0.341 e. The summed E-state index contributed by atoms with van der Waals surface area (Å²) in [5.41, 5.74) is 9.63. The second kappa shape index (κ2) is 8.94. The second-order valence-corrected chi connectivity index (χ2v) is 5.56. The van der Waals surface area contributed by atoms with Gasteiger partial charge in [-0.15, -0.1) is 0 Å². The highest BCUT2D eigenvalue weighted by molar-refractivity contribution is 6.07. The van der Waals surface area contributed by atoms with Gasteiger partial charge in [0.1, 0.15) is 0 Å². The Morgan fingerprint density at radius 1 is 1.20 bits per heavy atom. The fourth-order valence-electron chi connectivity index (χ4n) is 2.90. The zero-order chi connectivity index (χ0) is 18.2. The van der Waals surface area contributed by atoms with E-state index in [-0.39, 0.29) is 30.4 Å². The van der Waals surface area contributed by atoms with Crippen molar-refractivity contribution in [1.82, 2.24) is 0 Å². The maximum absolute atomic E-state index is 12.5. The van der Waals surface area contributed by atoms with Gasteiger partial charge in [-0.2, -0.15) is 0 Å². The Bertz CT molecular complexity index is 677. The number of nitrogens with zero attached hydrogens (tertiary/aromatic N) is 4. The van der Waals surface area contributed by atoms with Crippen LogP contribution in [0.25, 0.3) is 10.4 Å². The zero-order valence-corrected chi connectivity index (χ0v) is 14.5. The number of ether oxygens (including phenoxy) is 2. The summed E-state index contributed by atoms with van der Waals surface area (Å²) in [7, 11) is 0. The summed E-state index contributed by atoms with van der Waals surface area (Å²) in [5.74, 6) is -1.09. The lowest BCUT2D eigenvalue weighted by molar-refractivity contribution is 0.0479. The molecule has 0 amide bonds. The number of carbonyl (C=O) groups excluding carboxylic acids is 2. The molecule has 1 aromatic carbocycles. The van der Waals surface area contributed by atoms with Gasteiger partial charge in [-0.3, -0.25) is 0 Å². The van der Waals surface area contributed by atoms with E-state index in [0.29, 0.717) is 31.6 Å². The highest BCUT2D eigenvalue weighted by atomic mass is 16.5. The van der Waals surface area contributed by atoms with Crippen LogP contribution in [0.2, 0.25) is 0 Å². The molecule has 0 bridgehead atoms. The van der Waals surface area contributed by atoms with Crippen LogP contribution in [-0.4, -0.2) is 44.3 Å². The minimum atomic E-state index is -0.545. The zero-order valence-electron chi connectivity index (χ0n) is 14.5. The fourth-order valence-corrected chi connectivity index (χ4v) is 2.90. The van der Waals surface area contributed by atoms with Gasteiger partial charge in [0.2, 0.25) is 0 Å². The quantitative estimate of drug-likeness (QED) is 0.340. The van der Waals surface area contributed by atoms with Crippen molar-refractivity contribution >= 4 is 17.6 Å². The highest BCUT2D eigenvalue weighted by Crippen LogP contribution is 2.29. The average molecular weight is 346 g/mol. The van der Waals surface area contributed by atoms with E-state index in [2.05, 4.69) is 10.0 Å². The first-order chi connectivity index (χ1) is 12.1. The summed E-state index contributed by atoms with van der Waals surface area (Å²) in [6.45, 7) is 5.13. The number of azide groups is 1. The van der Waals surface area contributed by atoms with E-state index >= 15 is 0 Å². The molecule has 0 unspecified atom stereocenters. The topological polar surface area (TPSA) is 105 Å². The molecule has 134 valence electrons. The number of esters is 2. The molecule has 1 aromatic rings. The van der Waals surface area contributed by atoms with E-state index in [1.807, 2.05) is 4.90 Å². The number of carbonyl (C=O) groups is 2. The van der Waals surface area contributed by atoms with Crippen molar-refractivity contribution in [3.05, 3.63) is 39.8 Å². The summed E-state index contributed by atoms with van der Waals surface area (Å²) in [6, 6.07) is 5.05. The van der Waals surface area contributed by atoms with Crippen LogP contribution in [0.3, 0.4) is 0 Å². The summed E-state index contributed by atoms with van der Waals surface area (Å²) in [4.78, 5) is 29.6. The largest absolute Gasteiger partial charge is 0.462 e. The van der Waals surface area contributed by atoms with Crippen molar-refractivity contribution in [2.45, 2.75) is 32.7 Å². The number of piperidine rings is 1. The van der Waals surface area contributed by atoms with Gasteiger partial charge in [-0.25, -0.2) is 9.59 Å². The molecule has 8 nitrogen and oxygen atoms in total.